The van der Waals surface area contributed by atoms with Crippen molar-refractivity contribution in [3.8, 4) is 6.07 Å². The van der Waals surface area contributed by atoms with E-state index in [-0.39, 0.29) is 27.8 Å². The maximum absolute atomic E-state index is 12.2. The molecule has 3 unspecified atom stereocenters. The van der Waals surface area contributed by atoms with Crippen LogP contribution in [0.15, 0.2) is 29.2 Å². The highest BCUT2D eigenvalue weighted by Gasteiger charge is 2.30. The molecule has 0 bridgehead atoms. The Kier molecular flexibility index (Phi) is 5.14. The van der Waals surface area contributed by atoms with Gasteiger partial charge in [0.1, 0.15) is 0 Å². The molecular formula is C14H17NO4S2. The minimum Gasteiger partial charge on any atom is -0.377 e. The van der Waals surface area contributed by atoms with E-state index in [1.807, 2.05) is 13.0 Å². The zero-order valence-corrected chi connectivity index (χ0v) is 13.3. The summed E-state index contributed by atoms with van der Waals surface area (Å²) in [6.45, 7) is 2.44. The van der Waals surface area contributed by atoms with Crippen molar-refractivity contribution in [1.82, 2.24) is 0 Å². The van der Waals surface area contributed by atoms with Crippen LogP contribution in [-0.2, 0) is 25.4 Å². The van der Waals surface area contributed by atoms with E-state index in [1.54, 1.807) is 6.07 Å². The lowest BCUT2D eigenvalue weighted by atomic mass is 10.2. The van der Waals surface area contributed by atoms with Gasteiger partial charge in [-0.3, -0.25) is 4.21 Å². The van der Waals surface area contributed by atoms with Gasteiger partial charge in [0.25, 0.3) is 0 Å². The second-order valence-electron chi connectivity index (χ2n) is 4.95. The summed E-state index contributed by atoms with van der Waals surface area (Å²) in [5.41, 5.74) is 0.301. The fraction of sp³-hybridized carbons (Fsp3) is 0.500. The van der Waals surface area contributed by atoms with E-state index in [1.165, 1.54) is 18.2 Å². The van der Waals surface area contributed by atoms with E-state index in [2.05, 4.69) is 0 Å². The van der Waals surface area contributed by atoms with Gasteiger partial charge in [0, 0.05) is 23.2 Å². The predicted molar refractivity (Wildman–Crippen MR) is 80.0 cm³/mol. The molecule has 0 radical (unpaired) electrons. The Balaban J connectivity index is 2.04. The Hall–Kier alpha value is -1.23. The third-order valence-corrected chi connectivity index (χ3v) is 7.39. The fourth-order valence-corrected chi connectivity index (χ4v) is 5.81. The highest BCUT2D eigenvalue weighted by Crippen LogP contribution is 2.20. The number of hydrogen-bond donors (Lipinski definition) is 0. The Morgan fingerprint density at radius 1 is 1.48 bits per heavy atom. The van der Waals surface area contributed by atoms with E-state index in [9.17, 15) is 12.6 Å². The Bertz CT molecular complexity index is 678. The zero-order valence-electron chi connectivity index (χ0n) is 11.7. The third kappa shape index (κ3) is 3.90. The average molecular weight is 327 g/mol. The van der Waals surface area contributed by atoms with Crippen molar-refractivity contribution in [3.63, 3.8) is 0 Å². The van der Waals surface area contributed by atoms with Gasteiger partial charge >= 0.3 is 0 Å². The maximum atomic E-state index is 12.2. The molecular weight excluding hydrogens is 310 g/mol. The first-order chi connectivity index (χ1) is 9.94. The van der Waals surface area contributed by atoms with Crippen molar-refractivity contribution >= 4 is 20.6 Å². The van der Waals surface area contributed by atoms with Crippen molar-refractivity contribution in [2.75, 3.05) is 18.1 Å². The second-order valence-corrected chi connectivity index (χ2v) is 8.83. The normalized spacial score (nSPS) is 23.6. The molecule has 0 amide bonds. The van der Waals surface area contributed by atoms with Crippen LogP contribution < -0.4 is 0 Å². The zero-order chi connectivity index (χ0) is 15.5. The lowest BCUT2D eigenvalue weighted by Gasteiger charge is -2.13. The van der Waals surface area contributed by atoms with Gasteiger partial charge in [-0.1, -0.05) is 6.07 Å². The quantitative estimate of drug-likeness (QED) is 0.813. The van der Waals surface area contributed by atoms with Crippen molar-refractivity contribution in [1.29, 1.82) is 5.26 Å². The van der Waals surface area contributed by atoms with Crippen molar-refractivity contribution in [3.05, 3.63) is 29.8 Å². The van der Waals surface area contributed by atoms with Gasteiger partial charge in [-0.25, -0.2) is 8.42 Å². The van der Waals surface area contributed by atoms with E-state index in [0.717, 1.165) is 0 Å². The smallest absolute Gasteiger partial charge is 0.179 e. The molecule has 7 heteroatoms. The minimum atomic E-state index is -3.52. The molecule has 0 saturated carbocycles. The SMILES string of the molecule is CC1OCCC1S(=O)CCS(=O)(=O)c1cccc(C#N)c1. The van der Waals surface area contributed by atoms with Crippen molar-refractivity contribution < 1.29 is 17.4 Å². The molecule has 0 N–H and O–H groups in total. The van der Waals surface area contributed by atoms with Gasteiger partial charge < -0.3 is 4.74 Å². The number of nitriles is 1. The number of rotatable bonds is 5. The first-order valence-corrected chi connectivity index (χ1v) is 9.69. The van der Waals surface area contributed by atoms with Gasteiger partial charge in [-0.15, -0.1) is 0 Å². The van der Waals surface area contributed by atoms with E-state index in [4.69, 9.17) is 10.00 Å². The Morgan fingerprint density at radius 3 is 2.86 bits per heavy atom. The van der Waals surface area contributed by atoms with Gasteiger partial charge in [0.15, 0.2) is 9.84 Å². The van der Waals surface area contributed by atoms with Gasteiger partial charge in [-0.05, 0) is 31.5 Å². The summed E-state index contributed by atoms with van der Waals surface area (Å²) in [6, 6.07) is 7.81. The molecule has 114 valence electrons. The summed E-state index contributed by atoms with van der Waals surface area (Å²) in [7, 11) is -4.74. The number of ether oxygens (including phenoxy) is 1. The van der Waals surface area contributed by atoms with Crippen LogP contribution in [0.4, 0.5) is 0 Å². The summed E-state index contributed by atoms with van der Waals surface area (Å²) < 4.78 is 42.0. The summed E-state index contributed by atoms with van der Waals surface area (Å²) in [5, 5.41) is 8.72. The molecule has 0 aliphatic carbocycles. The molecule has 3 atom stereocenters. The molecule has 0 aromatic heterocycles. The van der Waals surface area contributed by atoms with Crippen LogP contribution in [0.2, 0.25) is 0 Å². The van der Waals surface area contributed by atoms with E-state index >= 15 is 0 Å². The van der Waals surface area contributed by atoms with Crippen molar-refractivity contribution in [2.24, 2.45) is 0 Å². The highest BCUT2D eigenvalue weighted by atomic mass is 32.2. The van der Waals surface area contributed by atoms with Crippen LogP contribution in [0.1, 0.15) is 18.9 Å². The lowest BCUT2D eigenvalue weighted by molar-refractivity contribution is 0.127. The van der Waals surface area contributed by atoms with Gasteiger partial charge in [0.05, 0.1) is 33.6 Å². The third-order valence-electron chi connectivity index (χ3n) is 3.52. The Labute approximate surface area is 127 Å². The highest BCUT2D eigenvalue weighted by molar-refractivity contribution is 7.93. The van der Waals surface area contributed by atoms with Crippen LogP contribution >= 0.6 is 0 Å². The molecule has 1 aliphatic rings. The van der Waals surface area contributed by atoms with Crippen molar-refractivity contribution in [2.45, 2.75) is 29.6 Å². The predicted octanol–water partition coefficient (Wildman–Crippen LogP) is 1.26. The minimum absolute atomic E-state index is 0.0875. The lowest BCUT2D eigenvalue weighted by Crippen LogP contribution is -2.27. The van der Waals surface area contributed by atoms with Crippen LogP contribution in [0, 0.1) is 11.3 Å². The van der Waals surface area contributed by atoms with E-state index < -0.39 is 20.6 Å². The van der Waals surface area contributed by atoms with Crippen LogP contribution in [0.3, 0.4) is 0 Å². The summed E-state index contributed by atoms with van der Waals surface area (Å²) in [6.07, 6.45) is 0.619. The maximum Gasteiger partial charge on any atom is 0.179 e. The van der Waals surface area contributed by atoms with Crippen LogP contribution in [0.5, 0.6) is 0 Å². The first-order valence-electron chi connectivity index (χ1n) is 6.66. The van der Waals surface area contributed by atoms with Gasteiger partial charge in [-0.2, -0.15) is 5.26 Å². The number of hydrogen-bond acceptors (Lipinski definition) is 5. The molecule has 1 saturated heterocycles. The topological polar surface area (TPSA) is 84.2 Å². The molecule has 2 rings (SSSR count). The number of nitrogens with zero attached hydrogens (tertiary/aromatic N) is 1. The van der Waals surface area contributed by atoms with Gasteiger partial charge in [0.2, 0.25) is 0 Å². The molecule has 1 aromatic rings. The average Bonchev–Trinajstić information content (AvgIpc) is 2.91. The number of sulfone groups is 1. The summed E-state index contributed by atoms with van der Waals surface area (Å²) >= 11 is 0. The largest absolute Gasteiger partial charge is 0.377 e. The molecule has 21 heavy (non-hydrogen) atoms. The fourth-order valence-electron chi connectivity index (χ4n) is 2.28. The Morgan fingerprint density at radius 2 is 2.24 bits per heavy atom. The standard InChI is InChI=1S/C14H17NO4S2/c1-11-14(5-6-19-11)20(16)7-8-21(17,18)13-4-2-3-12(9-13)10-15/h2-4,9,11,14H,5-8H2,1H3. The summed E-state index contributed by atoms with van der Waals surface area (Å²) in [4.78, 5) is 0.106. The van der Waals surface area contributed by atoms with Crippen LogP contribution in [0.25, 0.3) is 0 Å². The molecule has 1 aliphatic heterocycles. The monoisotopic (exact) mass is 327 g/mol. The van der Waals surface area contributed by atoms with E-state index in [0.29, 0.717) is 18.6 Å². The van der Waals surface area contributed by atoms with Crippen LogP contribution in [-0.4, -0.2) is 42.1 Å². The second kappa shape index (κ2) is 6.69. The number of benzene rings is 1. The molecule has 5 nitrogen and oxygen atoms in total. The molecule has 1 heterocycles. The molecule has 0 spiro atoms. The molecule has 1 fully saturated rings. The first kappa shape index (κ1) is 16.1. The summed E-state index contributed by atoms with van der Waals surface area (Å²) in [5.74, 6) is -0.0881. The molecule has 1 aromatic carbocycles.